The van der Waals surface area contributed by atoms with Crippen LogP contribution < -0.4 is 20.1 Å². The largest absolute Gasteiger partial charge is 0.484 e. The Balaban J connectivity index is 1.60. The number of aliphatic hydroxyl groups is 1. The monoisotopic (exact) mass is 440 g/mol. The first-order valence-electron chi connectivity index (χ1n) is 9.03. The number of amides is 2. The van der Waals surface area contributed by atoms with Crippen molar-refractivity contribution in [1.29, 1.82) is 0 Å². The van der Waals surface area contributed by atoms with E-state index < -0.39 is 17.8 Å². The number of rotatable bonds is 11. The Morgan fingerprint density at radius 3 is 2.67 bits per heavy atom. The highest BCUT2D eigenvalue weighted by molar-refractivity contribution is 6.30. The predicted molar refractivity (Wildman–Crippen MR) is 106 cm³/mol. The number of hydrogen-bond acceptors (Lipinski definition) is 7. The first kappa shape index (κ1) is 23.3. The molecule has 2 aromatic rings. The number of aromatic nitrogens is 2. The van der Waals surface area contributed by atoms with Crippen LogP contribution in [0.25, 0.3) is 0 Å². The number of hydrogen-bond donors (Lipinski definition) is 3. The van der Waals surface area contributed by atoms with E-state index in [1.54, 1.807) is 12.1 Å². The number of methoxy groups -OCH3 is 1. The topological polar surface area (TPSA) is 123 Å². The number of ether oxygens (including phenoxy) is 2. The first-order valence-corrected chi connectivity index (χ1v) is 9.41. The van der Waals surface area contributed by atoms with Crippen LogP contribution in [0.2, 0.25) is 5.02 Å². The summed E-state index contributed by atoms with van der Waals surface area (Å²) in [5, 5.41) is 22.7. The molecule has 0 fully saturated rings. The summed E-state index contributed by atoms with van der Waals surface area (Å²) in [6, 6.07) is 7.13. The van der Waals surface area contributed by atoms with Gasteiger partial charge in [0.05, 0.1) is 30.5 Å². The molecule has 162 valence electrons. The van der Waals surface area contributed by atoms with E-state index >= 15 is 0 Å². The third-order valence-corrected chi connectivity index (χ3v) is 4.18. The van der Waals surface area contributed by atoms with Crippen LogP contribution in [0.15, 0.2) is 30.3 Å². The summed E-state index contributed by atoms with van der Waals surface area (Å²) in [5.41, 5.74) is 0.567. The molecule has 0 aliphatic carbocycles. The number of carbonyl (C=O) groups is 2. The number of aliphatic hydroxyl groups excluding tert-OH is 1. The van der Waals surface area contributed by atoms with Crippen molar-refractivity contribution in [3.63, 3.8) is 0 Å². The summed E-state index contributed by atoms with van der Waals surface area (Å²) in [6.45, 7) is -0.198. The fourth-order valence-electron chi connectivity index (χ4n) is 2.23. The average molecular weight is 441 g/mol. The van der Waals surface area contributed by atoms with Crippen molar-refractivity contribution in [2.75, 3.05) is 20.3 Å². The zero-order chi connectivity index (χ0) is 21.9. The second-order valence-corrected chi connectivity index (χ2v) is 6.61. The van der Waals surface area contributed by atoms with Crippen molar-refractivity contribution in [2.24, 2.45) is 0 Å². The highest BCUT2D eigenvalue weighted by Crippen LogP contribution is 2.20. The molecule has 0 bridgehead atoms. The molecule has 0 saturated carbocycles. The van der Waals surface area contributed by atoms with Gasteiger partial charge in [-0.3, -0.25) is 9.59 Å². The van der Waals surface area contributed by atoms with E-state index in [4.69, 9.17) is 21.1 Å². The number of nitrogens with zero attached hydrogens (tertiary/aromatic N) is 2. The fraction of sp³-hybridized carbons (Fsp3) is 0.368. The van der Waals surface area contributed by atoms with Crippen molar-refractivity contribution < 1.29 is 28.6 Å². The van der Waals surface area contributed by atoms with Crippen molar-refractivity contribution in [2.45, 2.75) is 25.5 Å². The van der Waals surface area contributed by atoms with E-state index in [2.05, 4.69) is 20.8 Å². The van der Waals surface area contributed by atoms with Crippen LogP contribution in [-0.4, -0.2) is 53.5 Å². The molecule has 1 unspecified atom stereocenters. The molecule has 2 amide bonds. The summed E-state index contributed by atoms with van der Waals surface area (Å²) in [4.78, 5) is 23.6. The zero-order valence-corrected chi connectivity index (χ0v) is 17.0. The zero-order valence-electron chi connectivity index (χ0n) is 16.2. The third kappa shape index (κ3) is 8.18. The minimum atomic E-state index is -0.909. The van der Waals surface area contributed by atoms with E-state index in [0.29, 0.717) is 11.6 Å². The van der Waals surface area contributed by atoms with E-state index in [9.17, 15) is 19.1 Å². The van der Waals surface area contributed by atoms with Crippen LogP contribution in [0.5, 0.6) is 11.6 Å². The minimum Gasteiger partial charge on any atom is -0.484 e. The lowest BCUT2D eigenvalue weighted by Gasteiger charge is -2.12. The summed E-state index contributed by atoms with van der Waals surface area (Å²) in [6.07, 6.45) is -0.682. The van der Waals surface area contributed by atoms with Crippen LogP contribution in [0, 0.1) is 5.82 Å². The predicted octanol–water partition coefficient (Wildman–Crippen LogP) is 1.23. The normalized spacial score (nSPS) is 11.5. The van der Waals surface area contributed by atoms with Crippen molar-refractivity contribution in [1.82, 2.24) is 20.8 Å². The molecule has 1 aromatic heterocycles. The molecular formula is C19H22ClFN4O5. The Bertz CT molecular complexity index is 853. The van der Waals surface area contributed by atoms with Gasteiger partial charge in [0.25, 0.3) is 5.91 Å². The quantitative estimate of drug-likeness (QED) is 0.480. The van der Waals surface area contributed by atoms with Gasteiger partial charge in [0.15, 0.2) is 6.61 Å². The maximum atomic E-state index is 13.3. The lowest BCUT2D eigenvalue weighted by Crippen LogP contribution is -2.36. The fourth-order valence-corrected chi connectivity index (χ4v) is 2.34. The number of benzene rings is 1. The number of halogens is 2. The molecule has 0 aliphatic heterocycles. The van der Waals surface area contributed by atoms with Gasteiger partial charge in [-0.2, -0.15) is 5.10 Å². The molecular weight excluding hydrogens is 419 g/mol. The second kappa shape index (κ2) is 11.9. The van der Waals surface area contributed by atoms with Crippen LogP contribution in [0.3, 0.4) is 0 Å². The van der Waals surface area contributed by atoms with Crippen LogP contribution in [0.1, 0.15) is 18.5 Å². The Morgan fingerprint density at radius 1 is 1.20 bits per heavy atom. The van der Waals surface area contributed by atoms with E-state index in [1.165, 1.54) is 19.2 Å². The molecule has 1 aromatic carbocycles. The molecule has 0 aliphatic rings. The highest BCUT2D eigenvalue weighted by atomic mass is 35.5. The molecule has 1 heterocycles. The Hall–Kier alpha value is -2.98. The van der Waals surface area contributed by atoms with E-state index in [-0.39, 0.29) is 49.2 Å². The van der Waals surface area contributed by atoms with Crippen molar-refractivity contribution >= 4 is 23.4 Å². The summed E-state index contributed by atoms with van der Waals surface area (Å²) in [5.74, 6) is -0.882. The van der Waals surface area contributed by atoms with Gasteiger partial charge in [-0.05, 0) is 24.6 Å². The Kier molecular flexibility index (Phi) is 9.23. The average Bonchev–Trinajstić information content (AvgIpc) is 2.75. The lowest BCUT2D eigenvalue weighted by molar-refractivity contribution is -0.123. The Morgan fingerprint density at radius 2 is 2.00 bits per heavy atom. The lowest BCUT2D eigenvalue weighted by atomic mass is 10.2. The molecule has 30 heavy (non-hydrogen) atoms. The number of nitrogens with one attached hydrogen (secondary N) is 2. The standard InChI is InChI=1S/C19H22ClFN4O5/c1-29-19-7-2-12(24-25-19)9-22-17(27)6-3-13(26)10-23-18(28)11-30-14-4-5-15(20)16(21)8-14/h2,4-5,7-8,13,26H,3,6,9-11H2,1H3,(H,22,27)(H,23,28). The minimum absolute atomic E-state index is 0.0455. The molecule has 0 radical (unpaired) electrons. The van der Waals surface area contributed by atoms with Gasteiger partial charge in [0.2, 0.25) is 11.8 Å². The van der Waals surface area contributed by atoms with Gasteiger partial charge >= 0.3 is 0 Å². The van der Waals surface area contributed by atoms with Crippen LogP contribution >= 0.6 is 11.6 Å². The maximum absolute atomic E-state index is 13.3. The maximum Gasteiger partial charge on any atom is 0.258 e. The van der Waals surface area contributed by atoms with Crippen LogP contribution in [0.4, 0.5) is 4.39 Å². The SMILES string of the molecule is COc1ccc(CNC(=O)CCC(O)CNC(=O)COc2ccc(Cl)c(F)c2)nn1. The van der Waals surface area contributed by atoms with Crippen molar-refractivity contribution in [3.8, 4) is 11.6 Å². The van der Waals surface area contributed by atoms with Gasteiger partial charge in [-0.1, -0.05) is 11.6 Å². The second-order valence-electron chi connectivity index (χ2n) is 6.20. The Labute approximate surface area is 177 Å². The van der Waals surface area contributed by atoms with Gasteiger partial charge < -0.3 is 25.2 Å². The van der Waals surface area contributed by atoms with Gasteiger partial charge in [0.1, 0.15) is 11.6 Å². The molecule has 11 heteroatoms. The smallest absolute Gasteiger partial charge is 0.258 e. The molecule has 3 N–H and O–H groups in total. The van der Waals surface area contributed by atoms with Gasteiger partial charge in [-0.25, -0.2) is 4.39 Å². The summed E-state index contributed by atoms with van der Waals surface area (Å²) in [7, 11) is 1.48. The molecule has 0 saturated heterocycles. The van der Waals surface area contributed by atoms with Crippen LogP contribution in [-0.2, 0) is 16.1 Å². The molecule has 0 spiro atoms. The molecule has 9 nitrogen and oxygen atoms in total. The van der Waals surface area contributed by atoms with Gasteiger partial charge in [-0.15, -0.1) is 5.10 Å². The summed E-state index contributed by atoms with van der Waals surface area (Å²) >= 11 is 5.57. The van der Waals surface area contributed by atoms with E-state index in [0.717, 1.165) is 6.07 Å². The molecule has 1 atom stereocenters. The highest BCUT2D eigenvalue weighted by Gasteiger charge is 2.11. The van der Waals surface area contributed by atoms with E-state index in [1.807, 2.05) is 0 Å². The molecule has 2 rings (SSSR count). The summed E-state index contributed by atoms with van der Waals surface area (Å²) < 4.78 is 23.3. The van der Waals surface area contributed by atoms with Crippen molar-refractivity contribution in [3.05, 3.63) is 46.9 Å². The van der Waals surface area contributed by atoms with Gasteiger partial charge in [0, 0.05) is 25.1 Å². The number of carbonyl (C=O) groups excluding carboxylic acids is 2. The third-order valence-electron chi connectivity index (χ3n) is 3.87. The first-order chi connectivity index (χ1) is 14.4.